The third-order valence-electron chi connectivity index (χ3n) is 4.30. The summed E-state index contributed by atoms with van der Waals surface area (Å²) < 4.78 is 14.6. The minimum atomic E-state index is -0.714. The molecule has 0 unspecified atom stereocenters. The van der Waals surface area contributed by atoms with Gasteiger partial charge in [-0.15, -0.1) is 0 Å². The quantitative estimate of drug-likeness (QED) is 0.663. The lowest BCUT2D eigenvalue weighted by atomic mass is 10.1. The first kappa shape index (κ1) is 22.1. The van der Waals surface area contributed by atoms with E-state index in [4.69, 9.17) is 5.73 Å². The van der Waals surface area contributed by atoms with Crippen LogP contribution in [0.3, 0.4) is 0 Å². The van der Waals surface area contributed by atoms with Crippen molar-refractivity contribution in [3.63, 3.8) is 0 Å². The summed E-state index contributed by atoms with van der Waals surface area (Å²) >= 11 is 0. The van der Waals surface area contributed by atoms with Crippen LogP contribution in [-0.4, -0.2) is 22.0 Å². The fourth-order valence-electron chi connectivity index (χ4n) is 2.90. The number of carbonyl (C=O) groups is 1. The summed E-state index contributed by atoms with van der Waals surface area (Å²) in [5.41, 5.74) is 5.29. The van der Waals surface area contributed by atoms with Crippen LogP contribution < -0.4 is 21.9 Å². The van der Waals surface area contributed by atoms with E-state index >= 15 is 0 Å². The molecule has 0 atom stereocenters. The Hall–Kier alpha value is -3.16. The lowest BCUT2D eigenvalue weighted by Crippen LogP contribution is -2.42. The van der Waals surface area contributed by atoms with E-state index < -0.39 is 23.0 Å². The number of hydrogen-bond donors (Lipinski definition) is 2. The van der Waals surface area contributed by atoms with Crippen molar-refractivity contribution in [3.05, 3.63) is 62.6 Å². The highest BCUT2D eigenvalue weighted by Crippen LogP contribution is 2.19. The molecule has 7 nitrogen and oxygen atoms in total. The molecule has 29 heavy (non-hydrogen) atoms. The van der Waals surface area contributed by atoms with Gasteiger partial charge in [-0.2, -0.15) is 0 Å². The number of aromatic nitrogens is 2. The lowest BCUT2D eigenvalue weighted by molar-refractivity contribution is -0.114. The monoisotopic (exact) mass is 402 g/mol. The minimum absolute atomic E-state index is 0.0383. The van der Waals surface area contributed by atoms with E-state index in [0.29, 0.717) is 18.5 Å². The van der Waals surface area contributed by atoms with Crippen LogP contribution in [0, 0.1) is 11.7 Å². The lowest BCUT2D eigenvalue weighted by Gasteiger charge is -2.25. The number of nitrogen functional groups attached to an aromatic ring is 1. The first-order valence-corrected chi connectivity index (χ1v) is 9.62. The smallest absolute Gasteiger partial charge is 0.330 e. The molecule has 1 amide bonds. The fraction of sp³-hybridized carbons (Fsp3) is 0.381. The Morgan fingerprint density at radius 2 is 2.07 bits per heavy atom. The van der Waals surface area contributed by atoms with Crippen molar-refractivity contribution in [2.75, 3.05) is 17.2 Å². The van der Waals surface area contributed by atoms with E-state index in [9.17, 15) is 18.8 Å². The Balaban J connectivity index is 2.48. The van der Waals surface area contributed by atoms with Crippen LogP contribution in [0.4, 0.5) is 15.9 Å². The summed E-state index contributed by atoms with van der Waals surface area (Å²) in [6, 6.07) is 5.80. The number of rotatable bonds is 8. The van der Waals surface area contributed by atoms with E-state index in [1.165, 1.54) is 39.8 Å². The highest BCUT2D eigenvalue weighted by molar-refractivity contribution is 6.05. The molecule has 0 fully saturated rings. The van der Waals surface area contributed by atoms with Crippen LogP contribution in [0.5, 0.6) is 0 Å². The number of amides is 1. The molecule has 0 saturated carbocycles. The van der Waals surface area contributed by atoms with Crippen LogP contribution in [0.25, 0.3) is 6.08 Å². The molecule has 0 bridgehead atoms. The Labute approximate surface area is 168 Å². The Bertz CT molecular complexity index is 1010. The Kier molecular flexibility index (Phi) is 7.52. The summed E-state index contributed by atoms with van der Waals surface area (Å²) in [6.07, 6.45) is 4.27. The molecular formula is C21H27FN4O3. The van der Waals surface area contributed by atoms with Gasteiger partial charge in [0.05, 0.1) is 0 Å². The number of aromatic amines is 1. The zero-order valence-corrected chi connectivity index (χ0v) is 16.9. The number of hydrogen-bond acceptors (Lipinski definition) is 4. The third-order valence-corrected chi connectivity index (χ3v) is 4.30. The molecule has 0 aliphatic rings. The normalized spacial score (nSPS) is 11.3. The topological polar surface area (TPSA) is 101 Å². The summed E-state index contributed by atoms with van der Waals surface area (Å²) in [7, 11) is 0. The minimum Gasteiger partial charge on any atom is -0.383 e. The molecule has 1 aromatic heterocycles. The number of nitrogens with two attached hydrogens (primary N) is 1. The van der Waals surface area contributed by atoms with E-state index in [-0.39, 0.29) is 24.0 Å². The molecule has 0 aliphatic carbocycles. The molecule has 0 aliphatic heterocycles. The van der Waals surface area contributed by atoms with Gasteiger partial charge in [-0.3, -0.25) is 19.1 Å². The molecule has 3 N–H and O–H groups in total. The van der Waals surface area contributed by atoms with Gasteiger partial charge in [-0.1, -0.05) is 39.3 Å². The van der Waals surface area contributed by atoms with Crippen LogP contribution in [0.15, 0.2) is 39.9 Å². The van der Waals surface area contributed by atoms with E-state index in [0.717, 1.165) is 6.42 Å². The molecule has 2 rings (SSSR count). The zero-order chi connectivity index (χ0) is 21.6. The first-order valence-electron chi connectivity index (χ1n) is 9.62. The van der Waals surface area contributed by atoms with Crippen molar-refractivity contribution >= 4 is 23.5 Å². The van der Waals surface area contributed by atoms with Crippen molar-refractivity contribution < 1.29 is 9.18 Å². The molecule has 156 valence electrons. The van der Waals surface area contributed by atoms with Gasteiger partial charge < -0.3 is 10.6 Å². The van der Waals surface area contributed by atoms with Gasteiger partial charge in [-0.05, 0) is 36.1 Å². The van der Waals surface area contributed by atoms with Crippen molar-refractivity contribution in [1.29, 1.82) is 0 Å². The van der Waals surface area contributed by atoms with Crippen molar-refractivity contribution in [1.82, 2.24) is 9.55 Å². The number of anilines is 2. The number of nitrogens with zero attached hydrogens (tertiary/aromatic N) is 2. The number of nitrogens with one attached hydrogen (secondary N) is 1. The van der Waals surface area contributed by atoms with Gasteiger partial charge in [-0.25, -0.2) is 9.18 Å². The molecular weight excluding hydrogens is 375 g/mol. The molecule has 8 heteroatoms. The van der Waals surface area contributed by atoms with Crippen molar-refractivity contribution in [2.24, 2.45) is 5.92 Å². The van der Waals surface area contributed by atoms with Gasteiger partial charge in [0.25, 0.3) is 11.5 Å². The average Bonchev–Trinajstić information content (AvgIpc) is 2.64. The van der Waals surface area contributed by atoms with Crippen molar-refractivity contribution in [2.45, 2.75) is 40.2 Å². The first-order chi connectivity index (χ1) is 13.7. The highest BCUT2D eigenvalue weighted by atomic mass is 19.1. The third kappa shape index (κ3) is 5.66. The molecule has 0 radical (unpaired) electrons. The number of H-pyrrole nitrogens is 1. The predicted octanol–water partition coefficient (Wildman–Crippen LogP) is 2.76. The van der Waals surface area contributed by atoms with E-state index in [1.54, 1.807) is 6.07 Å². The maximum atomic E-state index is 13.4. The molecule has 1 heterocycles. The van der Waals surface area contributed by atoms with Crippen LogP contribution >= 0.6 is 0 Å². The maximum Gasteiger partial charge on any atom is 0.330 e. The Morgan fingerprint density at radius 3 is 2.69 bits per heavy atom. The number of unbranched alkanes of at least 4 members (excludes halogenated alkanes) is 1. The van der Waals surface area contributed by atoms with Gasteiger partial charge in [0, 0.05) is 19.2 Å². The summed E-state index contributed by atoms with van der Waals surface area (Å²) in [6.45, 7) is 6.33. The second-order valence-electron chi connectivity index (χ2n) is 7.23. The zero-order valence-electron chi connectivity index (χ0n) is 16.9. The SMILES string of the molecule is CCCCn1c(N)c(N(CC(C)C)C(=O)C=Cc2cccc(F)c2)c(=O)[nH]c1=O. The molecule has 0 spiro atoms. The second kappa shape index (κ2) is 9.86. The van der Waals surface area contributed by atoms with E-state index in [2.05, 4.69) is 4.98 Å². The summed E-state index contributed by atoms with van der Waals surface area (Å²) in [4.78, 5) is 41.1. The van der Waals surface area contributed by atoms with Gasteiger partial charge in [0.1, 0.15) is 11.6 Å². The number of benzene rings is 1. The maximum absolute atomic E-state index is 13.4. The van der Waals surface area contributed by atoms with Gasteiger partial charge >= 0.3 is 5.69 Å². The molecule has 1 aromatic carbocycles. The van der Waals surface area contributed by atoms with E-state index in [1.807, 2.05) is 20.8 Å². The van der Waals surface area contributed by atoms with Crippen LogP contribution in [0.2, 0.25) is 0 Å². The number of carbonyl (C=O) groups excluding carboxylic acids is 1. The largest absolute Gasteiger partial charge is 0.383 e. The van der Waals surface area contributed by atoms with Gasteiger partial charge in [0.2, 0.25) is 0 Å². The van der Waals surface area contributed by atoms with Crippen molar-refractivity contribution in [3.8, 4) is 0 Å². The highest BCUT2D eigenvalue weighted by Gasteiger charge is 2.23. The number of halogens is 1. The standard InChI is InChI=1S/C21H27FN4O3/c1-4-5-11-25-19(23)18(20(28)24-21(25)29)26(13-14(2)3)17(27)10-9-15-7-6-8-16(22)12-15/h6-10,12,14H,4-5,11,13,23H2,1-3H3,(H,24,28,29). The summed E-state index contributed by atoms with van der Waals surface area (Å²) in [5.74, 6) is -0.903. The average molecular weight is 402 g/mol. The molecule has 2 aromatic rings. The van der Waals surface area contributed by atoms with Crippen LogP contribution in [0.1, 0.15) is 39.2 Å². The van der Waals surface area contributed by atoms with Crippen LogP contribution in [-0.2, 0) is 11.3 Å². The van der Waals surface area contributed by atoms with Gasteiger partial charge in [0.15, 0.2) is 5.69 Å². The molecule has 0 saturated heterocycles. The second-order valence-corrected chi connectivity index (χ2v) is 7.23. The predicted molar refractivity (Wildman–Crippen MR) is 113 cm³/mol. The Morgan fingerprint density at radius 1 is 1.34 bits per heavy atom. The summed E-state index contributed by atoms with van der Waals surface area (Å²) in [5, 5.41) is 0. The fourth-order valence-corrected chi connectivity index (χ4v) is 2.90.